The summed E-state index contributed by atoms with van der Waals surface area (Å²) in [6.45, 7) is 3.61. The summed E-state index contributed by atoms with van der Waals surface area (Å²) in [5.41, 5.74) is 1.06. The van der Waals surface area contributed by atoms with Crippen LogP contribution in [0, 0.1) is 6.92 Å². The number of rotatable bonds is 5. The van der Waals surface area contributed by atoms with Crippen molar-refractivity contribution in [2.75, 3.05) is 30.5 Å². The number of ether oxygens (including phenoxy) is 1. The highest BCUT2D eigenvalue weighted by atomic mass is 32.2. The third-order valence-electron chi connectivity index (χ3n) is 2.70. The van der Waals surface area contributed by atoms with Crippen LogP contribution in [-0.4, -0.2) is 40.8 Å². The summed E-state index contributed by atoms with van der Waals surface area (Å²) in [5.74, 6) is 3.44. The second kappa shape index (κ2) is 5.59. The molecule has 5 heteroatoms. The van der Waals surface area contributed by atoms with Gasteiger partial charge in [0.05, 0.1) is 12.3 Å². The lowest BCUT2D eigenvalue weighted by Gasteiger charge is -2.13. The van der Waals surface area contributed by atoms with Crippen LogP contribution in [0.4, 0.5) is 5.95 Å². The maximum atomic E-state index is 5.10. The van der Waals surface area contributed by atoms with E-state index in [1.165, 1.54) is 17.9 Å². The molecular weight excluding hydrogens is 222 g/mol. The van der Waals surface area contributed by atoms with Gasteiger partial charge in [0.2, 0.25) is 5.95 Å². The van der Waals surface area contributed by atoms with Crippen molar-refractivity contribution in [3.05, 3.63) is 11.9 Å². The Morgan fingerprint density at radius 1 is 1.69 bits per heavy atom. The number of aromatic nitrogens is 2. The highest BCUT2D eigenvalue weighted by molar-refractivity contribution is 7.99. The minimum absolute atomic E-state index is 0.577. The van der Waals surface area contributed by atoms with Gasteiger partial charge in [-0.15, -0.1) is 0 Å². The molecule has 0 saturated carbocycles. The first-order valence-corrected chi connectivity index (χ1v) is 6.82. The average molecular weight is 241 g/mol. The topological polar surface area (TPSA) is 39.1 Å². The molecule has 4 nitrogen and oxygen atoms in total. The lowest BCUT2D eigenvalue weighted by atomic mass is 10.3. The molecule has 2 rings (SSSR count). The zero-order valence-corrected chi connectivity index (χ0v) is 10.7. The van der Waals surface area contributed by atoms with E-state index in [0.717, 1.165) is 24.8 Å². The van der Waals surface area contributed by atoms with Crippen molar-refractivity contribution < 1.29 is 4.74 Å². The van der Waals surface area contributed by atoms with Crippen molar-refractivity contribution in [3.63, 3.8) is 0 Å². The van der Waals surface area contributed by atoms with Gasteiger partial charge >= 0.3 is 0 Å². The van der Waals surface area contributed by atoms with Gasteiger partial charge in [-0.2, -0.15) is 11.8 Å². The van der Waals surface area contributed by atoms with Crippen LogP contribution >= 0.6 is 11.8 Å². The lowest BCUT2D eigenvalue weighted by Crippen LogP contribution is -2.21. The first-order chi connectivity index (χ1) is 7.79. The van der Waals surface area contributed by atoms with Gasteiger partial charge in [0, 0.05) is 31.6 Å². The molecule has 1 unspecified atom stereocenters. The van der Waals surface area contributed by atoms with Crippen molar-refractivity contribution >= 4 is 17.7 Å². The normalized spacial score (nSPS) is 20.2. The highest BCUT2D eigenvalue weighted by Crippen LogP contribution is 2.21. The van der Waals surface area contributed by atoms with Crippen molar-refractivity contribution in [2.24, 2.45) is 0 Å². The first kappa shape index (κ1) is 11.8. The number of hydrogen-bond acceptors (Lipinski definition) is 4. The van der Waals surface area contributed by atoms with E-state index < -0.39 is 0 Å². The maximum absolute atomic E-state index is 5.10. The molecule has 1 aliphatic heterocycles. The standard InChI is InChI=1S/C11H19N3OS/c1-9-7-14(4-5-15-2)11(12-9)13-10-3-6-16-8-10/h7,10H,3-6,8H2,1-2H3,(H,12,13). The van der Waals surface area contributed by atoms with Gasteiger partial charge in [-0.25, -0.2) is 4.98 Å². The summed E-state index contributed by atoms with van der Waals surface area (Å²) in [7, 11) is 1.73. The number of methoxy groups -OCH3 is 1. The minimum atomic E-state index is 0.577. The van der Waals surface area contributed by atoms with Crippen molar-refractivity contribution in [3.8, 4) is 0 Å². The molecule has 1 atom stereocenters. The molecule has 0 bridgehead atoms. The van der Waals surface area contributed by atoms with Gasteiger partial charge in [-0.3, -0.25) is 0 Å². The molecule has 16 heavy (non-hydrogen) atoms. The summed E-state index contributed by atoms with van der Waals surface area (Å²) < 4.78 is 7.24. The largest absolute Gasteiger partial charge is 0.383 e. The van der Waals surface area contributed by atoms with Crippen molar-refractivity contribution in [1.29, 1.82) is 0 Å². The van der Waals surface area contributed by atoms with E-state index in [1.54, 1.807) is 7.11 Å². The van der Waals surface area contributed by atoms with E-state index in [0.29, 0.717) is 6.04 Å². The fraction of sp³-hybridized carbons (Fsp3) is 0.727. The van der Waals surface area contributed by atoms with E-state index in [-0.39, 0.29) is 0 Å². The Bertz CT molecular complexity index is 334. The second-order valence-corrected chi connectivity index (χ2v) is 5.25. The molecule has 2 heterocycles. The zero-order chi connectivity index (χ0) is 11.4. The zero-order valence-electron chi connectivity index (χ0n) is 9.90. The van der Waals surface area contributed by atoms with E-state index in [2.05, 4.69) is 21.1 Å². The predicted octanol–water partition coefficient (Wildman–Crippen LogP) is 1.76. The van der Waals surface area contributed by atoms with Crippen LogP contribution in [0.3, 0.4) is 0 Å². The summed E-state index contributed by atoms with van der Waals surface area (Å²) in [4.78, 5) is 4.51. The minimum Gasteiger partial charge on any atom is -0.383 e. The number of nitrogens with zero attached hydrogens (tertiary/aromatic N) is 2. The molecule has 1 saturated heterocycles. The monoisotopic (exact) mass is 241 g/mol. The number of hydrogen-bond donors (Lipinski definition) is 1. The Morgan fingerprint density at radius 3 is 3.25 bits per heavy atom. The predicted molar refractivity (Wildman–Crippen MR) is 68.2 cm³/mol. The third kappa shape index (κ3) is 2.92. The molecule has 0 radical (unpaired) electrons. The Labute approximate surface area is 101 Å². The number of aryl methyl sites for hydroxylation is 1. The van der Waals surface area contributed by atoms with Gasteiger partial charge in [0.25, 0.3) is 0 Å². The van der Waals surface area contributed by atoms with Gasteiger partial charge in [-0.1, -0.05) is 0 Å². The first-order valence-electron chi connectivity index (χ1n) is 5.66. The molecule has 0 amide bonds. The summed E-state index contributed by atoms with van der Waals surface area (Å²) in [5, 5.41) is 3.51. The molecule has 0 aliphatic carbocycles. The van der Waals surface area contributed by atoms with Gasteiger partial charge in [0.15, 0.2) is 0 Å². The van der Waals surface area contributed by atoms with Crippen LogP contribution in [0.15, 0.2) is 6.20 Å². The quantitative estimate of drug-likeness (QED) is 0.852. The lowest BCUT2D eigenvalue weighted by molar-refractivity contribution is 0.187. The maximum Gasteiger partial charge on any atom is 0.203 e. The van der Waals surface area contributed by atoms with E-state index >= 15 is 0 Å². The Kier molecular flexibility index (Phi) is 4.12. The SMILES string of the molecule is COCCn1cc(C)nc1NC1CCSC1. The van der Waals surface area contributed by atoms with Gasteiger partial charge < -0.3 is 14.6 Å². The Morgan fingerprint density at radius 2 is 2.56 bits per heavy atom. The van der Waals surface area contributed by atoms with Crippen LogP contribution in [0.5, 0.6) is 0 Å². The van der Waals surface area contributed by atoms with Crippen LogP contribution in [0.2, 0.25) is 0 Å². The summed E-state index contributed by atoms with van der Waals surface area (Å²) in [6.07, 6.45) is 3.31. The van der Waals surface area contributed by atoms with E-state index in [9.17, 15) is 0 Å². The smallest absolute Gasteiger partial charge is 0.203 e. The molecule has 1 fully saturated rings. The molecule has 0 aromatic carbocycles. The average Bonchev–Trinajstić information content (AvgIpc) is 2.86. The second-order valence-electron chi connectivity index (χ2n) is 4.10. The molecule has 1 aromatic rings. The van der Waals surface area contributed by atoms with Gasteiger partial charge in [0.1, 0.15) is 0 Å². The highest BCUT2D eigenvalue weighted by Gasteiger charge is 2.17. The molecule has 1 N–H and O–H groups in total. The molecule has 1 aromatic heterocycles. The fourth-order valence-corrected chi connectivity index (χ4v) is 3.01. The third-order valence-corrected chi connectivity index (χ3v) is 3.86. The van der Waals surface area contributed by atoms with Crippen LogP contribution < -0.4 is 5.32 Å². The molecule has 90 valence electrons. The van der Waals surface area contributed by atoms with Gasteiger partial charge in [-0.05, 0) is 19.1 Å². The van der Waals surface area contributed by atoms with Crippen LogP contribution in [-0.2, 0) is 11.3 Å². The Balaban J connectivity index is 2.00. The van der Waals surface area contributed by atoms with Crippen LogP contribution in [0.25, 0.3) is 0 Å². The Hall–Kier alpha value is -0.680. The summed E-state index contributed by atoms with van der Waals surface area (Å²) >= 11 is 2.01. The molecule has 1 aliphatic rings. The molecule has 0 spiro atoms. The number of thioether (sulfide) groups is 1. The fourth-order valence-electron chi connectivity index (χ4n) is 1.85. The van der Waals surface area contributed by atoms with E-state index in [4.69, 9.17) is 4.74 Å². The molecular formula is C11H19N3OS. The number of anilines is 1. The number of imidazole rings is 1. The number of nitrogens with one attached hydrogen (secondary N) is 1. The summed E-state index contributed by atoms with van der Waals surface area (Å²) in [6, 6.07) is 0.577. The van der Waals surface area contributed by atoms with Crippen LogP contribution in [0.1, 0.15) is 12.1 Å². The van der Waals surface area contributed by atoms with E-state index in [1.807, 2.05) is 18.7 Å². The van der Waals surface area contributed by atoms with Crippen molar-refractivity contribution in [2.45, 2.75) is 25.9 Å². The van der Waals surface area contributed by atoms with Crippen molar-refractivity contribution in [1.82, 2.24) is 9.55 Å².